The lowest BCUT2D eigenvalue weighted by molar-refractivity contribution is 0.533. The van der Waals surface area contributed by atoms with Crippen LogP contribution in [-0.4, -0.2) is 46.1 Å². The molecular weight excluding hydrogens is 312 g/mol. The molecule has 0 spiro atoms. The SMILES string of the molecule is Cc1cc(N2CC3CN(c4cnc5ccccc5n4)CC3C2)ncn1. The molecule has 2 atom stereocenters. The summed E-state index contributed by atoms with van der Waals surface area (Å²) in [6, 6.07) is 10.1. The minimum absolute atomic E-state index is 0.656. The zero-order chi connectivity index (χ0) is 16.8. The summed E-state index contributed by atoms with van der Waals surface area (Å²) in [7, 11) is 0. The maximum atomic E-state index is 4.80. The molecular formula is C19H20N6. The van der Waals surface area contributed by atoms with Crippen molar-refractivity contribution in [2.75, 3.05) is 36.0 Å². The summed E-state index contributed by atoms with van der Waals surface area (Å²) in [5.41, 5.74) is 2.95. The van der Waals surface area contributed by atoms with Gasteiger partial charge in [-0.05, 0) is 19.1 Å². The molecule has 25 heavy (non-hydrogen) atoms. The van der Waals surface area contributed by atoms with E-state index in [0.29, 0.717) is 11.8 Å². The van der Waals surface area contributed by atoms with Crippen molar-refractivity contribution in [2.24, 2.45) is 11.8 Å². The normalized spacial score (nSPS) is 22.6. The van der Waals surface area contributed by atoms with Gasteiger partial charge in [-0.15, -0.1) is 0 Å². The number of aromatic nitrogens is 4. The molecule has 6 nitrogen and oxygen atoms in total. The van der Waals surface area contributed by atoms with E-state index < -0.39 is 0 Å². The Labute approximate surface area is 146 Å². The lowest BCUT2D eigenvalue weighted by atomic mass is 10.0. The number of rotatable bonds is 2. The molecule has 0 amide bonds. The third-order valence-electron chi connectivity index (χ3n) is 5.36. The highest BCUT2D eigenvalue weighted by molar-refractivity contribution is 5.75. The Bertz CT molecular complexity index is 912. The van der Waals surface area contributed by atoms with Crippen LogP contribution in [0.5, 0.6) is 0 Å². The first-order valence-electron chi connectivity index (χ1n) is 8.76. The van der Waals surface area contributed by atoms with Crippen molar-refractivity contribution in [1.29, 1.82) is 0 Å². The molecule has 2 aromatic heterocycles. The summed E-state index contributed by atoms with van der Waals surface area (Å²) in [6.07, 6.45) is 3.57. The fourth-order valence-corrected chi connectivity index (χ4v) is 4.08. The van der Waals surface area contributed by atoms with Gasteiger partial charge in [0, 0.05) is 49.8 Å². The number of fused-ring (bicyclic) bond motifs is 2. The van der Waals surface area contributed by atoms with Crippen molar-refractivity contribution in [2.45, 2.75) is 6.92 Å². The van der Waals surface area contributed by atoms with Gasteiger partial charge in [0.15, 0.2) is 0 Å². The van der Waals surface area contributed by atoms with Gasteiger partial charge in [0.05, 0.1) is 17.2 Å². The third-order valence-corrected chi connectivity index (χ3v) is 5.36. The van der Waals surface area contributed by atoms with Crippen LogP contribution in [0.4, 0.5) is 11.6 Å². The minimum atomic E-state index is 0.656. The van der Waals surface area contributed by atoms with Crippen LogP contribution in [0.2, 0.25) is 0 Å². The standard InChI is InChI=1S/C19H20N6/c1-13-6-18(22-12-21-13)24-8-14-10-25(11-15(14)9-24)19-7-20-16-4-2-3-5-17(16)23-19/h2-7,12,14-15H,8-11H2,1H3. The molecule has 0 radical (unpaired) electrons. The summed E-state index contributed by atoms with van der Waals surface area (Å²) in [4.78, 5) is 22.8. The van der Waals surface area contributed by atoms with E-state index in [9.17, 15) is 0 Å². The van der Waals surface area contributed by atoms with E-state index in [2.05, 4.69) is 30.8 Å². The van der Waals surface area contributed by atoms with Gasteiger partial charge >= 0.3 is 0 Å². The number of benzene rings is 1. The van der Waals surface area contributed by atoms with Gasteiger partial charge in [0.1, 0.15) is 18.0 Å². The van der Waals surface area contributed by atoms with E-state index in [0.717, 1.165) is 54.5 Å². The molecule has 0 saturated carbocycles. The molecule has 2 saturated heterocycles. The number of hydrogen-bond acceptors (Lipinski definition) is 6. The lowest BCUT2D eigenvalue weighted by Crippen LogP contribution is -2.29. The number of hydrogen-bond donors (Lipinski definition) is 0. The van der Waals surface area contributed by atoms with Crippen LogP contribution >= 0.6 is 0 Å². The largest absolute Gasteiger partial charge is 0.356 e. The van der Waals surface area contributed by atoms with E-state index in [4.69, 9.17) is 4.98 Å². The molecule has 2 aliphatic rings. The summed E-state index contributed by atoms with van der Waals surface area (Å²) >= 11 is 0. The number of nitrogens with zero attached hydrogens (tertiary/aromatic N) is 6. The summed E-state index contributed by atoms with van der Waals surface area (Å²) < 4.78 is 0. The average Bonchev–Trinajstić information content (AvgIpc) is 3.20. The molecule has 1 aromatic carbocycles. The van der Waals surface area contributed by atoms with Crippen LogP contribution in [0.25, 0.3) is 11.0 Å². The van der Waals surface area contributed by atoms with Gasteiger partial charge in [0.2, 0.25) is 0 Å². The lowest BCUT2D eigenvalue weighted by Gasteiger charge is -2.23. The number of anilines is 2. The molecule has 0 N–H and O–H groups in total. The Morgan fingerprint density at radius 2 is 1.52 bits per heavy atom. The van der Waals surface area contributed by atoms with E-state index in [1.54, 1.807) is 6.33 Å². The topological polar surface area (TPSA) is 58.0 Å². The maximum absolute atomic E-state index is 4.80. The Morgan fingerprint density at radius 3 is 2.24 bits per heavy atom. The van der Waals surface area contributed by atoms with Gasteiger partial charge in [-0.25, -0.2) is 15.0 Å². The van der Waals surface area contributed by atoms with Crippen LogP contribution in [-0.2, 0) is 0 Å². The monoisotopic (exact) mass is 332 g/mol. The molecule has 2 aliphatic heterocycles. The molecule has 4 heterocycles. The van der Waals surface area contributed by atoms with Gasteiger partial charge < -0.3 is 9.80 Å². The molecule has 3 aromatic rings. The summed E-state index contributed by atoms with van der Waals surface area (Å²) in [5.74, 6) is 3.36. The van der Waals surface area contributed by atoms with Crippen LogP contribution in [0.1, 0.15) is 5.69 Å². The van der Waals surface area contributed by atoms with Gasteiger partial charge in [0.25, 0.3) is 0 Å². The fourth-order valence-electron chi connectivity index (χ4n) is 4.08. The molecule has 2 unspecified atom stereocenters. The van der Waals surface area contributed by atoms with Crippen molar-refractivity contribution >= 4 is 22.7 Å². The molecule has 6 heteroatoms. The highest BCUT2D eigenvalue weighted by atomic mass is 15.3. The Hall–Kier alpha value is -2.76. The maximum Gasteiger partial charge on any atom is 0.147 e. The Morgan fingerprint density at radius 1 is 0.840 bits per heavy atom. The van der Waals surface area contributed by atoms with Crippen molar-refractivity contribution in [3.63, 3.8) is 0 Å². The van der Waals surface area contributed by atoms with Crippen molar-refractivity contribution < 1.29 is 0 Å². The first-order chi connectivity index (χ1) is 12.3. The van der Waals surface area contributed by atoms with E-state index in [1.165, 1.54) is 0 Å². The van der Waals surface area contributed by atoms with Crippen molar-refractivity contribution in [3.05, 3.63) is 48.5 Å². The van der Waals surface area contributed by atoms with E-state index >= 15 is 0 Å². The highest BCUT2D eigenvalue weighted by Crippen LogP contribution is 2.35. The van der Waals surface area contributed by atoms with Gasteiger partial charge in [-0.3, -0.25) is 4.98 Å². The first kappa shape index (κ1) is 14.6. The first-order valence-corrected chi connectivity index (χ1v) is 8.76. The van der Waals surface area contributed by atoms with Crippen LogP contribution in [0.3, 0.4) is 0 Å². The number of para-hydroxylation sites is 2. The third kappa shape index (κ3) is 2.58. The second kappa shape index (κ2) is 5.65. The minimum Gasteiger partial charge on any atom is -0.356 e. The van der Waals surface area contributed by atoms with Crippen LogP contribution in [0.15, 0.2) is 42.9 Å². The smallest absolute Gasteiger partial charge is 0.147 e. The van der Waals surface area contributed by atoms with Crippen LogP contribution < -0.4 is 9.80 Å². The number of aryl methyl sites for hydroxylation is 1. The van der Waals surface area contributed by atoms with Gasteiger partial charge in [-0.2, -0.15) is 0 Å². The van der Waals surface area contributed by atoms with Gasteiger partial charge in [-0.1, -0.05) is 12.1 Å². The summed E-state index contributed by atoms with van der Waals surface area (Å²) in [6.45, 7) is 6.20. The molecule has 2 fully saturated rings. The fraction of sp³-hybridized carbons (Fsp3) is 0.368. The average molecular weight is 332 g/mol. The molecule has 0 bridgehead atoms. The Balaban J connectivity index is 1.33. The predicted octanol–water partition coefficient (Wildman–Crippen LogP) is 2.30. The second-order valence-electron chi connectivity index (χ2n) is 7.06. The zero-order valence-corrected chi connectivity index (χ0v) is 14.2. The highest BCUT2D eigenvalue weighted by Gasteiger charge is 2.41. The molecule has 126 valence electrons. The Kier molecular flexibility index (Phi) is 3.29. The van der Waals surface area contributed by atoms with Crippen molar-refractivity contribution in [1.82, 2.24) is 19.9 Å². The van der Waals surface area contributed by atoms with E-state index in [1.807, 2.05) is 37.4 Å². The summed E-state index contributed by atoms with van der Waals surface area (Å²) in [5, 5.41) is 0. The predicted molar refractivity (Wildman–Crippen MR) is 97.7 cm³/mol. The molecule has 5 rings (SSSR count). The van der Waals surface area contributed by atoms with Crippen LogP contribution in [0, 0.1) is 18.8 Å². The zero-order valence-electron chi connectivity index (χ0n) is 14.2. The molecule has 0 aliphatic carbocycles. The van der Waals surface area contributed by atoms with E-state index in [-0.39, 0.29) is 0 Å². The second-order valence-corrected chi connectivity index (χ2v) is 7.06. The van der Waals surface area contributed by atoms with Crippen molar-refractivity contribution in [3.8, 4) is 0 Å². The quantitative estimate of drug-likeness (QED) is 0.718.